The average Bonchev–Trinajstić information content (AvgIpc) is 2.69. The van der Waals surface area contributed by atoms with Gasteiger partial charge >= 0.3 is 0 Å². The number of hydrogen-bond donors (Lipinski definition) is 0. The van der Waals surface area contributed by atoms with Crippen LogP contribution in [0, 0.1) is 0 Å². The summed E-state index contributed by atoms with van der Waals surface area (Å²) < 4.78 is 2.59. The van der Waals surface area contributed by atoms with E-state index in [0.29, 0.717) is 11.8 Å². The fourth-order valence-corrected chi connectivity index (χ4v) is 7.78. The van der Waals surface area contributed by atoms with Crippen LogP contribution < -0.4 is 20.2 Å². The summed E-state index contributed by atoms with van der Waals surface area (Å²) in [6.45, 7) is 20.9. The van der Waals surface area contributed by atoms with Crippen molar-refractivity contribution in [2.75, 3.05) is 18.0 Å². The lowest BCUT2D eigenvalue weighted by molar-refractivity contribution is 0.272. The Labute approximate surface area is 197 Å². The van der Waals surface area contributed by atoms with Crippen molar-refractivity contribution in [1.82, 2.24) is 4.58 Å². The molecule has 0 fully saturated rings. The molecule has 2 aromatic carbocycles. The van der Waals surface area contributed by atoms with Gasteiger partial charge in [0.2, 0.25) is 5.36 Å². The van der Waals surface area contributed by atoms with E-state index in [-0.39, 0.29) is 11.1 Å². The molecule has 4 heteroatoms. The van der Waals surface area contributed by atoms with Crippen molar-refractivity contribution in [3.05, 3.63) is 46.1 Å². The normalized spacial score (nSPS) is 24.8. The lowest BCUT2D eigenvalue weighted by Crippen LogP contribution is -2.52. The molecule has 0 aromatic heterocycles. The van der Waals surface area contributed by atoms with Gasteiger partial charge in [0.15, 0.2) is 5.54 Å². The van der Waals surface area contributed by atoms with Gasteiger partial charge < -0.3 is 4.90 Å². The molecule has 2 unspecified atom stereocenters. The number of nitrogens with zero attached hydrogens (tertiary/aromatic N) is 3. The van der Waals surface area contributed by atoms with Gasteiger partial charge in [-0.3, -0.25) is 0 Å². The highest BCUT2D eigenvalue weighted by molar-refractivity contribution is 7.99. The quantitative estimate of drug-likeness (QED) is 0.447. The fourth-order valence-electron chi connectivity index (χ4n) is 6.78. The first-order valence-electron chi connectivity index (χ1n) is 12.4. The Morgan fingerprint density at radius 2 is 1.69 bits per heavy atom. The van der Waals surface area contributed by atoms with Gasteiger partial charge in [-0.15, -0.1) is 0 Å². The summed E-state index contributed by atoms with van der Waals surface area (Å²) in [5, 5.41) is 2.56. The first-order valence-corrected chi connectivity index (χ1v) is 13.2. The predicted molar refractivity (Wildman–Crippen MR) is 136 cm³/mol. The standard InChI is InChI=1S/C28H38N3S/c1-9-30-23-13-25-21(11-19(23)17(3)15-27(30,5)6)29-22-12-20-18(4)16-28(7,8)31(10-2)24(20)14-26(22)32-25/h11-14,17-18H,9-10,15-16H2,1-8H3/q+1. The molecular weight excluding hydrogens is 410 g/mol. The predicted octanol–water partition coefficient (Wildman–Crippen LogP) is 6.01. The molecule has 3 aliphatic rings. The van der Waals surface area contributed by atoms with Crippen LogP contribution in [-0.4, -0.2) is 24.2 Å². The van der Waals surface area contributed by atoms with Crippen LogP contribution in [0.15, 0.2) is 39.0 Å². The van der Waals surface area contributed by atoms with Crippen LogP contribution in [0.2, 0.25) is 0 Å². The smallest absolute Gasteiger partial charge is 0.205 e. The minimum Gasteiger partial charge on any atom is -0.366 e. The van der Waals surface area contributed by atoms with E-state index >= 15 is 0 Å². The topological polar surface area (TPSA) is 18.6 Å². The maximum Gasteiger partial charge on any atom is 0.205 e. The van der Waals surface area contributed by atoms with Crippen LogP contribution in [-0.2, 0) is 0 Å². The number of rotatable bonds is 2. The molecule has 0 spiro atoms. The third-order valence-corrected chi connectivity index (χ3v) is 9.12. The van der Waals surface area contributed by atoms with Crippen LogP contribution in [0.1, 0.15) is 91.2 Å². The lowest BCUT2D eigenvalue weighted by atomic mass is 9.80. The van der Waals surface area contributed by atoms with E-state index < -0.39 is 0 Å². The van der Waals surface area contributed by atoms with E-state index in [0.717, 1.165) is 24.1 Å². The number of hydrogen-bond acceptors (Lipinski definition) is 3. The minimum atomic E-state index is 0.187. The maximum atomic E-state index is 5.21. The molecule has 0 aliphatic carbocycles. The number of anilines is 1. The molecule has 0 amide bonds. The molecule has 3 aliphatic heterocycles. The maximum absolute atomic E-state index is 5.21. The van der Waals surface area contributed by atoms with Gasteiger partial charge in [0.1, 0.15) is 6.54 Å². The van der Waals surface area contributed by atoms with Crippen molar-refractivity contribution < 1.29 is 0 Å². The largest absolute Gasteiger partial charge is 0.366 e. The van der Waals surface area contributed by atoms with Gasteiger partial charge in [0.25, 0.3) is 0 Å². The van der Waals surface area contributed by atoms with Crippen molar-refractivity contribution in [2.24, 2.45) is 4.99 Å². The van der Waals surface area contributed by atoms with Gasteiger partial charge in [-0.05, 0) is 83.6 Å². The Balaban J connectivity index is 1.71. The Hall–Kier alpha value is -1.81. The van der Waals surface area contributed by atoms with Crippen molar-refractivity contribution in [3.63, 3.8) is 0 Å². The van der Waals surface area contributed by atoms with E-state index in [2.05, 4.69) is 89.1 Å². The third kappa shape index (κ3) is 3.24. The highest BCUT2D eigenvalue weighted by Crippen LogP contribution is 2.49. The lowest BCUT2D eigenvalue weighted by Gasteiger charge is -2.47. The van der Waals surface area contributed by atoms with Crippen LogP contribution in [0.3, 0.4) is 0 Å². The highest BCUT2D eigenvalue weighted by Gasteiger charge is 2.39. The molecule has 2 atom stereocenters. The van der Waals surface area contributed by atoms with E-state index in [9.17, 15) is 0 Å². The summed E-state index contributed by atoms with van der Waals surface area (Å²) in [6, 6.07) is 9.61. The molecule has 0 radical (unpaired) electrons. The first-order chi connectivity index (χ1) is 15.1. The molecule has 0 N–H and O–H groups in total. The fraction of sp³-hybridized carbons (Fsp3) is 0.571. The summed E-state index contributed by atoms with van der Waals surface area (Å²) in [5.74, 6) is 1.11. The third-order valence-electron chi connectivity index (χ3n) is 8.03. The highest BCUT2D eigenvalue weighted by atomic mass is 32.2. The van der Waals surface area contributed by atoms with E-state index in [1.54, 1.807) is 0 Å². The second-order valence-corrected chi connectivity index (χ2v) is 12.4. The van der Waals surface area contributed by atoms with E-state index in [1.807, 2.05) is 11.8 Å². The molecule has 3 heterocycles. The van der Waals surface area contributed by atoms with Crippen molar-refractivity contribution >= 4 is 23.1 Å². The Morgan fingerprint density at radius 3 is 2.38 bits per heavy atom. The number of benzene rings is 2. The summed E-state index contributed by atoms with van der Waals surface area (Å²) >= 11 is 1.91. The summed E-state index contributed by atoms with van der Waals surface area (Å²) in [7, 11) is 0. The van der Waals surface area contributed by atoms with Crippen LogP contribution in [0.4, 0.5) is 11.4 Å². The monoisotopic (exact) mass is 448 g/mol. The molecule has 170 valence electrons. The van der Waals surface area contributed by atoms with Gasteiger partial charge in [-0.25, -0.2) is 9.57 Å². The Kier molecular flexibility index (Phi) is 5.05. The molecule has 0 bridgehead atoms. The van der Waals surface area contributed by atoms with Gasteiger partial charge in [-0.2, -0.15) is 0 Å². The molecule has 32 heavy (non-hydrogen) atoms. The Bertz CT molecular complexity index is 1220. The van der Waals surface area contributed by atoms with Crippen molar-refractivity contribution in [1.29, 1.82) is 0 Å². The van der Waals surface area contributed by atoms with Crippen LogP contribution in [0.25, 0.3) is 0 Å². The van der Waals surface area contributed by atoms with Crippen molar-refractivity contribution in [3.8, 4) is 0 Å². The molecule has 2 aromatic rings. The van der Waals surface area contributed by atoms with Crippen molar-refractivity contribution in [2.45, 2.75) is 101 Å². The van der Waals surface area contributed by atoms with Gasteiger partial charge in [-0.1, -0.05) is 25.6 Å². The zero-order chi connectivity index (χ0) is 23.0. The molecule has 3 nitrogen and oxygen atoms in total. The average molecular weight is 449 g/mol. The zero-order valence-electron chi connectivity index (χ0n) is 21.0. The Morgan fingerprint density at radius 1 is 0.969 bits per heavy atom. The molecule has 5 rings (SSSR count). The van der Waals surface area contributed by atoms with Crippen LogP contribution >= 0.6 is 11.8 Å². The molecule has 0 saturated carbocycles. The minimum absolute atomic E-state index is 0.187. The SMILES string of the molecule is CCN1c2cc3c(cc2C(C)CC1(C)C)N=c1cc2c(cc1S3)=[N+](CC)C(C)(C)CC2C. The second-order valence-electron chi connectivity index (χ2n) is 11.3. The molecule has 0 saturated heterocycles. The first kappa shape index (κ1) is 22.0. The summed E-state index contributed by atoms with van der Waals surface area (Å²) in [5.41, 5.74) is 5.85. The summed E-state index contributed by atoms with van der Waals surface area (Å²) in [4.78, 5) is 10.4. The van der Waals surface area contributed by atoms with Gasteiger partial charge in [0, 0.05) is 45.6 Å². The van der Waals surface area contributed by atoms with E-state index in [4.69, 9.17) is 4.99 Å². The zero-order valence-corrected chi connectivity index (χ0v) is 21.9. The summed E-state index contributed by atoms with van der Waals surface area (Å²) in [6.07, 6.45) is 2.37. The van der Waals surface area contributed by atoms with Crippen LogP contribution in [0.5, 0.6) is 0 Å². The second kappa shape index (κ2) is 7.35. The number of fused-ring (bicyclic) bond motifs is 4. The van der Waals surface area contributed by atoms with Gasteiger partial charge in [0.05, 0.1) is 11.0 Å². The molecular formula is C28H38N3S+. The van der Waals surface area contributed by atoms with E-state index in [1.165, 1.54) is 44.8 Å².